The number of rotatable bonds is 6. The van der Waals surface area contributed by atoms with Crippen molar-refractivity contribution in [1.82, 2.24) is 15.3 Å². The summed E-state index contributed by atoms with van der Waals surface area (Å²) in [5.41, 5.74) is 2.21. The van der Waals surface area contributed by atoms with Gasteiger partial charge >= 0.3 is 6.18 Å². The Morgan fingerprint density at radius 1 is 1.06 bits per heavy atom. The van der Waals surface area contributed by atoms with Gasteiger partial charge in [0, 0.05) is 48.4 Å². The van der Waals surface area contributed by atoms with Crippen LogP contribution in [0.2, 0.25) is 0 Å². The lowest BCUT2D eigenvalue weighted by Crippen LogP contribution is -2.25. The second-order valence-electron chi connectivity index (χ2n) is 7.31. The molecule has 158 valence electrons. The number of aromatic nitrogens is 2. The van der Waals surface area contributed by atoms with Crippen LogP contribution in [0.5, 0.6) is 0 Å². The van der Waals surface area contributed by atoms with Crippen molar-refractivity contribution in [2.45, 2.75) is 25.1 Å². The molecule has 0 bridgehead atoms. The van der Waals surface area contributed by atoms with Gasteiger partial charge in [-0.1, -0.05) is 42.5 Å². The van der Waals surface area contributed by atoms with Gasteiger partial charge in [0.15, 0.2) is 0 Å². The maximum absolute atomic E-state index is 13.3. The van der Waals surface area contributed by atoms with Crippen molar-refractivity contribution in [3.63, 3.8) is 0 Å². The first kappa shape index (κ1) is 20.7. The number of halogens is 3. The van der Waals surface area contributed by atoms with Crippen molar-refractivity contribution >= 4 is 16.8 Å². The number of hydrogen-bond acceptors (Lipinski definition) is 2. The first-order chi connectivity index (χ1) is 14.9. The molecule has 0 radical (unpaired) electrons. The summed E-state index contributed by atoms with van der Waals surface area (Å²) in [6.07, 6.45) is 0.632. The number of fused-ring (bicyclic) bond motifs is 1. The number of hydrogen-bond donors (Lipinski definition) is 2. The number of H-pyrrole nitrogens is 1. The number of carbonyl (C=O) groups excluding carboxylic acids is 1. The summed E-state index contributed by atoms with van der Waals surface area (Å²) in [6, 6.07) is 16.3. The molecule has 4 rings (SSSR count). The molecular formula is C24H20F3N3O. The standard InChI is InChI=1S/C24H20F3N3O/c25-24(26,27)18-7-3-6-17(11-18)20(21-15-29-22-9-2-1-8-19(21)22)12-23(31)30-14-16-5-4-10-28-13-16/h1-11,13,15,20,29H,12,14H2,(H,30,31). The second-order valence-corrected chi connectivity index (χ2v) is 7.31. The van der Waals surface area contributed by atoms with E-state index in [1.807, 2.05) is 30.3 Å². The molecule has 0 aliphatic carbocycles. The number of benzene rings is 2. The summed E-state index contributed by atoms with van der Waals surface area (Å²) in [5, 5.41) is 3.72. The summed E-state index contributed by atoms with van der Waals surface area (Å²) < 4.78 is 39.9. The van der Waals surface area contributed by atoms with Gasteiger partial charge in [-0.15, -0.1) is 0 Å². The minimum atomic E-state index is -4.46. The zero-order valence-corrected chi connectivity index (χ0v) is 16.5. The van der Waals surface area contributed by atoms with Crippen LogP contribution in [0.1, 0.15) is 34.6 Å². The highest BCUT2D eigenvalue weighted by Crippen LogP contribution is 2.36. The number of aromatic amines is 1. The highest BCUT2D eigenvalue weighted by atomic mass is 19.4. The number of para-hydroxylation sites is 1. The number of carbonyl (C=O) groups is 1. The SMILES string of the molecule is O=C(CC(c1cccc(C(F)(F)F)c1)c1c[nH]c2ccccc12)NCc1cccnc1. The molecule has 0 saturated carbocycles. The van der Waals surface area contributed by atoms with Crippen LogP contribution in [0.4, 0.5) is 13.2 Å². The van der Waals surface area contributed by atoms with Gasteiger partial charge in [0.25, 0.3) is 0 Å². The molecule has 7 heteroatoms. The van der Waals surface area contributed by atoms with Crippen LogP contribution in [0.15, 0.2) is 79.3 Å². The fourth-order valence-electron chi connectivity index (χ4n) is 3.68. The van der Waals surface area contributed by atoms with E-state index in [2.05, 4.69) is 15.3 Å². The number of pyridine rings is 1. The summed E-state index contributed by atoms with van der Waals surface area (Å²) in [7, 11) is 0. The van der Waals surface area contributed by atoms with Crippen LogP contribution < -0.4 is 5.32 Å². The van der Waals surface area contributed by atoms with E-state index < -0.39 is 17.7 Å². The van der Waals surface area contributed by atoms with Crippen LogP contribution in [0.25, 0.3) is 10.9 Å². The zero-order chi connectivity index (χ0) is 21.8. The molecule has 31 heavy (non-hydrogen) atoms. The van der Waals surface area contributed by atoms with Crippen molar-refractivity contribution < 1.29 is 18.0 Å². The van der Waals surface area contributed by atoms with E-state index in [-0.39, 0.29) is 12.3 Å². The molecule has 1 amide bonds. The Balaban J connectivity index is 1.65. The van der Waals surface area contributed by atoms with Crippen molar-refractivity contribution in [1.29, 1.82) is 0 Å². The molecule has 0 spiro atoms. The van der Waals surface area contributed by atoms with Crippen LogP contribution in [0.3, 0.4) is 0 Å². The fourth-order valence-corrected chi connectivity index (χ4v) is 3.68. The zero-order valence-electron chi connectivity index (χ0n) is 16.5. The van der Waals surface area contributed by atoms with E-state index in [1.54, 1.807) is 30.7 Å². The molecule has 2 heterocycles. The van der Waals surface area contributed by atoms with Gasteiger partial charge in [0.2, 0.25) is 5.91 Å². The normalized spacial score (nSPS) is 12.6. The third-order valence-corrected chi connectivity index (χ3v) is 5.21. The quantitative estimate of drug-likeness (QED) is 0.435. The average Bonchev–Trinajstić information content (AvgIpc) is 3.20. The monoisotopic (exact) mass is 423 g/mol. The van der Waals surface area contributed by atoms with E-state index in [0.717, 1.165) is 34.2 Å². The fraction of sp³-hybridized carbons (Fsp3) is 0.167. The minimum Gasteiger partial charge on any atom is -0.361 e. The second kappa shape index (κ2) is 8.63. The van der Waals surface area contributed by atoms with Crippen LogP contribution in [-0.2, 0) is 17.5 Å². The molecule has 0 fully saturated rings. The lowest BCUT2D eigenvalue weighted by atomic mass is 9.87. The first-order valence-corrected chi connectivity index (χ1v) is 9.80. The van der Waals surface area contributed by atoms with Crippen molar-refractivity contribution in [2.75, 3.05) is 0 Å². The van der Waals surface area contributed by atoms with Gasteiger partial charge < -0.3 is 10.3 Å². The summed E-state index contributed by atoms with van der Waals surface area (Å²) >= 11 is 0. The maximum atomic E-state index is 13.3. The molecule has 0 aliphatic heterocycles. The Morgan fingerprint density at radius 2 is 1.90 bits per heavy atom. The molecule has 0 saturated heterocycles. The molecule has 4 aromatic rings. The average molecular weight is 423 g/mol. The van der Waals surface area contributed by atoms with Gasteiger partial charge in [-0.2, -0.15) is 13.2 Å². The molecule has 4 nitrogen and oxygen atoms in total. The highest BCUT2D eigenvalue weighted by molar-refractivity contribution is 5.86. The van der Waals surface area contributed by atoms with Crippen molar-refractivity contribution in [2.24, 2.45) is 0 Å². The predicted molar refractivity (Wildman–Crippen MR) is 112 cm³/mol. The topological polar surface area (TPSA) is 57.8 Å². The Hall–Kier alpha value is -3.61. The molecule has 2 aromatic heterocycles. The molecular weight excluding hydrogens is 403 g/mol. The van der Waals surface area contributed by atoms with E-state index in [9.17, 15) is 18.0 Å². The first-order valence-electron chi connectivity index (χ1n) is 9.80. The molecule has 0 aliphatic rings. The number of alkyl halides is 3. The van der Waals surface area contributed by atoms with Gasteiger partial charge in [0.05, 0.1) is 5.56 Å². The van der Waals surface area contributed by atoms with E-state index in [0.29, 0.717) is 12.1 Å². The van der Waals surface area contributed by atoms with Gasteiger partial charge in [-0.25, -0.2) is 0 Å². The summed E-state index contributed by atoms with van der Waals surface area (Å²) in [4.78, 5) is 19.9. The van der Waals surface area contributed by atoms with Gasteiger partial charge in [-0.05, 0) is 34.9 Å². The Labute approximate surface area is 177 Å². The minimum absolute atomic E-state index is 0.0173. The van der Waals surface area contributed by atoms with E-state index >= 15 is 0 Å². The van der Waals surface area contributed by atoms with E-state index in [1.165, 1.54) is 6.07 Å². The Kier molecular flexibility index (Phi) is 5.75. The smallest absolute Gasteiger partial charge is 0.361 e. The summed E-state index contributed by atoms with van der Waals surface area (Å²) in [6.45, 7) is 0.301. The van der Waals surface area contributed by atoms with Crippen LogP contribution in [0, 0.1) is 0 Å². The number of amides is 1. The lowest BCUT2D eigenvalue weighted by Gasteiger charge is -2.19. The Morgan fingerprint density at radius 3 is 2.68 bits per heavy atom. The number of nitrogens with zero attached hydrogens (tertiary/aromatic N) is 1. The number of nitrogens with one attached hydrogen (secondary N) is 2. The third-order valence-electron chi connectivity index (χ3n) is 5.21. The van der Waals surface area contributed by atoms with Crippen molar-refractivity contribution in [3.8, 4) is 0 Å². The van der Waals surface area contributed by atoms with Gasteiger partial charge in [-0.3, -0.25) is 9.78 Å². The molecule has 2 aromatic carbocycles. The maximum Gasteiger partial charge on any atom is 0.416 e. The summed E-state index contributed by atoms with van der Waals surface area (Å²) in [5.74, 6) is -0.788. The van der Waals surface area contributed by atoms with E-state index in [4.69, 9.17) is 0 Å². The van der Waals surface area contributed by atoms with Crippen LogP contribution >= 0.6 is 0 Å². The van der Waals surface area contributed by atoms with Crippen LogP contribution in [-0.4, -0.2) is 15.9 Å². The molecule has 1 unspecified atom stereocenters. The largest absolute Gasteiger partial charge is 0.416 e. The van der Waals surface area contributed by atoms with Crippen molar-refractivity contribution in [3.05, 3.63) is 102 Å². The Bertz CT molecular complexity index is 1190. The third kappa shape index (κ3) is 4.77. The van der Waals surface area contributed by atoms with Gasteiger partial charge in [0.1, 0.15) is 0 Å². The highest BCUT2D eigenvalue weighted by Gasteiger charge is 2.31. The molecule has 1 atom stereocenters. The predicted octanol–water partition coefficient (Wildman–Crippen LogP) is 5.42. The lowest BCUT2D eigenvalue weighted by molar-refractivity contribution is -0.137. The molecule has 2 N–H and O–H groups in total.